The number of fused-ring (bicyclic) bond motifs is 4. The molecule has 17 rings (SSSR count). The molecule has 9 aromatic carbocycles. The van der Waals surface area contributed by atoms with Crippen LogP contribution in [0.3, 0.4) is 0 Å². The lowest BCUT2D eigenvalue weighted by atomic mass is 9.77. The minimum atomic E-state index is 0.810. The third-order valence-electron chi connectivity index (χ3n) is 20.1. The van der Waals surface area contributed by atoms with E-state index in [-0.39, 0.29) is 0 Å². The lowest BCUT2D eigenvalue weighted by Gasteiger charge is -2.27. The standard InChI is InChI=1S/C88H70N12/c1-51-23-11-15-31-73(51)97-81(93-69-27-19-43-89-85(69)97)65-39-35-61(47-55(65)5)77-59(9)79(63-37-41-67(57(7)49-63)83-95-71-29-21-45-91-87(71)99(83)75-33-17-13-25-53(75)3)80(64-38-42-68(58(8)50-64)84-96-72-30-22-46-92-88(72)100(84)76-34-18-14-26-54(76)4)60(10)78(77)62-36-40-66(56(6)48-62)82-94-70-28-20-44-90-86(70)98(82)74-32-16-12-24-52(74)2/h11-50H,1-10H3. The molecule has 8 heterocycles. The quantitative estimate of drug-likeness (QED) is 0.119. The first-order chi connectivity index (χ1) is 48.8. The van der Waals surface area contributed by atoms with E-state index in [1.165, 1.54) is 0 Å². The summed E-state index contributed by atoms with van der Waals surface area (Å²) in [4.78, 5) is 41.2. The number of pyridine rings is 4. The topological polar surface area (TPSA) is 123 Å². The average molecular weight is 1300 g/mol. The van der Waals surface area contributed by atoms with E-state index < -0.39 is 0 Å². The van der Waals surface area contributed by atoms with Crippen LogP contribution < -0.4 is 0 Å². The predicted octanol–water partition coefficient (Wildman–Crippen LogP) is 21.0. The molecular formula is C88H70N12. The van der Waals surface area contributed by atoms with E-state index >= 15 is 0 Å². The second kappa shape index (κ2) is 24.2. The van der Waals surface area contributed by atoms with Crippen LogP contribution in [0.5, 0.6) is 0 Å². The molecule has 8 aromatic heterocycles. The fourth-order valence-corrected chi connectivity index (χ4v) is 15.3. The molecule has 0 saturated heterocycles. The van der Waals surface area contributed by atoms with Crippen LogP contribution in [0.15, 0.2) is 243 Å². The molecule has 0 spiro atoms. The molecule has 0 atom stereocenters. The average Bonchev–Trinajstić information content (AvgIpc) is 0.879. The van der Waals surface area contributed by atoms with E-state index in [0.717, 1.165) is 213 Å². The monoisotopic (exact) mass is 1290 g/mol. The van der Waals surface area contributed by atoms with E-state index in [2.05, 4.69) is 282 Å². The van der Waals surface area contributed by atoms with Crippen molar-refractivity contribution in [2.24, 2.45) is 0 Å². The molecule has 0 fully saturated rings. The number of para-hydroxylation sites is 4. The fraction of sp³-hybridized carbons (Fsp3) is 0.114. The van der Waals surface area contributed by atoms with Gasteiger partial charge in [0.15, 0.2) is 22.6 Å². The van der Waals surface area contributed by atoms with Crippen molar-refractivity contribution in [1.29, 1.82) is 0 Å². The second-order valence-electron chi connectivity index (χ2n) is 26.5. The number of rotatable bonds is 12. The Kier molecular flexibility index (Phi) is 14.8. The maximum absolute atomic E-state index is 5.36. The SMILES string of the molecule is Cc1cc(-c2c(C)c(-c3ccc(-c4nc5cccnc5n4-c4ccccc4C)c(C)c3)c(-c3ccc(-c4nc5cccnc5n4-c4ccccc4C)c(C)c3)c(C)c2-c2ccc(-c3nc4cccnc4n3-c3ccccc3C)c(C)c2)ccc1-c1nc2cccnc2n1-c1ccccc1C. The third kappa shape index (κ3) is 9.96. The van der Waals surface area contributed by atoms with Crippen LogP contribution in [0.25, 0.3) is 157 Å². The smallest absolute Gasteiger partial charge is 0.164 e. The Bertz CT molecular complexity index is 5450. The highest BCUT2D eigenvalue weighted by Crippen LogP contribution is 2.51. The molecule has 0 bridgehead atoms. The first-order valence-electron chi connectivity index (χ1n) is 34.0. The molecule has 0 amide bonds. The summed E-state index contributed by atoms with van der Waals surface area (Å²) in [5.74, 6) is 3.34. The number of nitrogens with zero attached hydrogens (tertiary/aromatic N) is 12. The van der Waals surface area contributed by atoms with E-state index in [0.29, 0.717) is 0 Å². The maximum Gasteiger partial charge on any atom is 0.164 e. The van der Waals surface area contributed by atoms with Gasteiger partial charge in [0.1, 0.15) is 45.4 Å². The van der Waals surface area contributed by atoms with Gasteiger partial charge < -0.3 is 0 Å². The van der Waals surface area contributed by atoms with E-state index in [1.807, 2.05) is 49.1 Å². The Hall–Kier alpha value is -12.5. The minimum Gasteiger partial charge on any atom is -0.276 e. The fourth-order valence-electron chi connectivity index (χ4n) is 15.3. The zero-order chi connectivity index (χ0) is 68.2. The van der Waals surface area contributed by atoms with Gasteiger partial charge in [0.25, 0.3) is 0 Å². The van der Waals surface area contributed by atoms with Crippen molar-refractivity contribution in [2.75, 3.05) is 0 Å². The first kappa shape index (κ1) is 61.1. The first-order valence-corrected chi connectivity index (χ1v) is 34.0. The lowest BCUT2D eigenvalue weighted by Crippen LogP contribution is -2.05. The Labute approximate surface area is 580 Å². The van der Waals surface area contributed by atoms with Crippen molar-refractivity contribution in [2.45, 2.75) is 69.2 Å². The summed E-state index contributed by atoms with van der Waals surface area (Å²) in [5.41, 5.74) is 34.7. The van der Waals surface area contributed by atoms with Crippen molar-refractivity contribution in [3.63, 3.8) is 0 Å². The highest BCUT2D eigenvalue weighted by Gasteiger charge is 2.29. The molecule has 0 radical (unpaired) electrons. The van der Waals surface area contributed by atoms with Crippen LogP contribution >= 0.6 is 0 Å². The molecule has 12 heteroatoms. The van der Waals surface area contributed by atoms with Crippen molar-refractivity contribution in [3.8, 4) is 113 Å². The molecule has 0 aliphatic heterocycles. The largest absolute Gasteiger partial charge is 0.276 e. The number of aromatic nitrogens is 12. The molecule has 0 aliphatic rings. The van der Waals surface area contributed by atoms with Crippen molar-refractivity contribution < 1.29 is 0 Å². The molecule has 0 N–H and O–H groups in total. The summed E-state index contributed by atoms with van der Waals surface area (Å²) in [6.07, 6.45) is 7.41. The van der Waals surface area contributed by atoms with E-state index in [1.54, 1.807) is 0 Å². The Balaban J connectivity index is 0.927. The molecule has 0 unspecified atom stereocenters. The lowest BCUT2D eigenvalue weighted by molar-refractivity contribution is 1.06. The highest BCUT2D eigenvalue weighted by molar-refractivity contribution is 6.03. The van der Waals surface area contributed by atoms with Gasteiger partial charge in [-0.05, 0) is 242 Å². The van der Waals surface area contributed by atoms with E-state index in [9.17, 15) is 0 Å². The highest BCUT2D eigenvalue weighted by atomic mass is 15.2. The number of hydrogen-bond acceptors (Lipinski definition) is 8. The summed E-state index contributed by atoms with van der Waals surface area (Å²) >= 11 is 0. The minimum absolute atomic E-state index is 0.810. The molecule has 100 heavy (non-hydrogen) atoms. The van der Waals surface area contributed by atoms with Crippen LogP contribution in [-0.2, 0) is 0 Å². The zero-order valence-corrected chi connectivity index (χ0v) is 57.5. The van der Waals surface area contributed by atoms with Crippen LogP contribution in [-0.4, -0.2) is 58.1 Å². The van der Waals surface area contributed by atoms with Crippen molar-refractivity contribution >= 4 is 44.7 Å². The van der Waals surface area contributed by atoms with Gasteiger partial charge in [0.05, 0.1) is 22.7 Å². The van der Waals surface area contributed by atoms with Crippen LogP contribution in [0.1, 0.15) is 55.6 Å². The number of hydrogen-bond donors (Lipinski definition) is 0. The molecule has 17 aromatic rings. The number of imidazole rings is 4. The molecule has 12 nitrogen and oxygen atoms in total. The molecule has 0 saturated carbocycles. The van der Waals surface area contributed by atoms with Crippen molar-refractivity contribution in [1.82, 2.24) is 58.1 Å². The van der Waals surface area contributed by atoms with Gasteiger partial charge in [-0.3, -0.25) is 18.3 Å². The maximum atomic E-state index is 5.36. The molecule has 482 valence electrons. The summed E-state index contributed by atoms with van der Waals surface area (Å²) in [5, 5.41) is 0. The van der Waals surface area contributed by atoms with Gasteiger partial charge in [-0.1, -0.05) is 146 Å². The van der Waals surface area contributed by atoms with Gasteiger partial charge in [0, 0.05) is 47.0 Å². The number of aryl methyl sites for hydroxylation is 8. The van der Waals surface area contributed by atoms with Crippen LogP contribution in [0.4, 0.5) is 0 Å². The van der Waals surface area contributed by atoms with Crippen LogP contribution in [0, 0.1) is 69.2 Å². The second-order valence-corrected chi connectivity index (χ2v) is 26.5. The van der Waals surface area contributed by atoms with E-state index in [4.69, 9.17) is 39.9 Å². The Morgan fingerprint density at radius 3 is 0.650 bits per heavy atom. The van der Waals surface area contributed by atoms with Crippen LogP contribution in [0.2, 0.25) is 0 Å². The summed E-state index contributed by atoms with van der Waals surface area (Å²) in [6.45, 7) is 22.1. The van der Waals surface area contributed by atoms with Gasteiger partial charge >= 0.3 is 0 Å². The summed E-state index contributed by atoms with van der Waals surface area (Å²) < 4.78 is 8.87. The van der Waals surface area contributed by atoms with Gasteiger partial charge in [-0.25, -0.2) is 39.9 Å². The molecular weight excluding hydrogens is 1230 g/mol. The summed E-state index contributed by atoms with van der Waals surface area (Å²) in [6, 6.07) is 77.7. The predicted molar refractivity (Wildman–Crippen MR) is 407 cm³/mol. The van der Waals surface area contributed by atoms with Gasteiger partial charge in [-0.15, -0.1) is 0 Å². The summed E-state index contributed by atoms with van der Waals surface area (Å²) in [7, 11) is 0. The number of benzene rings is 9. The normalized spacial score (nSPS) is 11.7. The zero-order valence-electron chi connectivity index (χ0n) is 57.5. The Morgan fingerprint density at radius 2 is 0.440 bits per heavy atom. The van der Waals surface area contributed by atoms with Gasteiger partial charge in [0.2, 0.25) is 0 Å². The van der Waals surface area contributed by atoms with Gasteiger partial charge in [-0.2, -0.15) is 0 Å². The van der Waals surface area contributed by atoms with Crippen molar-refractivity contribution in [3.05, 3.63) is 299 Å². The third-order valence-corrected chi connectivity index (χ3v) is 20.1. The molecule has 0 aliphatic carbocycles. The Morgan fingerprint density at radius 1 is 0.220 bits per heavy atom.